The zero-order chi connectivity index (χ0) is 16.8. The first-order valence-corrected chi connectivity index (χ1v) is 8.10. The highest BCUT2D eigenvalue weighted by atomic mass is 35.5. The van der Waals surface area contributed by atoms with Crippen LogP contribution in [0.25, 0.3) is 0 Å². The van der Waals surface area contributed by atoms with Crippen LogP contribution in [0.2, 0.25) is 5.02 Å². The first kappa shape index (κ1) is 15.8. The third-order valence-electron chi connectivity index (χ3n) is 4.56. The van der Waals surface area contributed by atoms with Crippen LogP contribution in [-0.4, -0.2) is 5.78 Å². The summed E-state index contributed by atoms with van der Waals surface area (Å²) >= 11 is 5.98. The molecule has 0 bridgehead atoms. The number of nitrogens with one attached hydrogen (secondary N) is 1. The summed E-state index contributed by atoms with van der Waals surface area (Å²) in [5.74, 6) is -0.166. The Morgan fingerprint density at radius 1 is 1.26 bits per heavy atom. The molecule has 0 fully saturated rings. The van der Waals surface area contributed by atoms with Crippen molar-refractivity contribution in [2.75, 3.05) is 0 Å². The molecule has 0 spiro atoms. The van der Waals surface area contributed by atoms with Crippen molar-refractivity contribution in [3.63, 3.8) is 0 Å². The summed E-state index contributed by atoms with van der Waals surface area (Å²) < 4.78 is 0. The second kappa shape index (κ2) is 5.54. The monoisotopic (exact) mass is 326 g/mol. The van der Waals surface area contributed by atoms with Gasteiger partial charge in [-0.1, -0.05) is 37.6 Å². The van der Waals surface area contributed by atoms with Crippen LogP contribution < -0.4 is 5.32 Å². The van der Waals surface area contributed by atoms with Crippen LogP contribution in [0.5, 0.6) is 0 Å². The van der Waals surface area contributed by atoms with Crippen LogP contribution in [0, 0.1) is 16.7 Å². The molecule has 1 N–H and O–H groups in total. The standard InChI is InChI=1S/C19H19ClN2O/c1-11-14(10-21)17(12-4-6-13(20)7-5-12)18-15(22-11)8-19(2,3)9-16(18)23/h4-7,17,22H,8-9H2,1-3H3/t17-/m1/s1. The van der Waals surface area contributed by atoms with E-state index in [2.05, 4.69) is 25.2 Å². The number of hydrogen-bond donors (Lipinski definition) is 1. The number of hydrogen-bond acceptors (Lipinski definition) is 3. The zero-order valence-corrected chi connectivity index (χ0v) is 14.3. The van der Waals surface area contributed by atoms with Gasteiger partial charge in [0.25, 0.3) is 0 Å². The summed E-state index contributed by atoms with van der Waals surface area (Å²) in [6.45, 7) is 6.11. The van der Waals surface area contributed by atoms with Crippen molar-refractivity contribution >= 4 is 17.4 Å². The number of allylic oxidation sites excluding steroid dienone is 4. The van der Waals surface area contributed by atoms with E-state index in [9.17, 15) is 10.1 Å². The maximum atomic E-state index is 12.8. The normalized spacial score (nSPS) is 23.3. The van der Waals surface area contributed by atoms with Crippen molar-refractivity contribution in [3.8, 4) is 6.07 Å². The van der Waals surface area contributed by atoms with E-state index in [1.54, 1.807) is 12.1 Å². The molecule has 0 amide bonds. The van der Waals surface area contributed by atoms with Crippen LogP contribution in [0.3, 0.4) is 0 Å². The summed E-state index contributed by atoms with van der Waals surface area (Å²) in [7, 11) is 0. The van der Waals surface area contributed by atoms with Crippen molar-refractivity contribution < 1.29 is 4.79 Å². The molecular weight excluding hydrogens is 308 g/mol. The zero-order valence-electron chi connectivity index (χ0n) is 13.5. The number of carbonyl (C=O) groups is 1. The number of benzene rings is 1. The van der Waals surface area contributed by atoms with Crippen molar-refractivity contribution in [3.05, 3.63) is 57.4 Å². The Morgan fingerprint density at radius 2 is 1.91 bits per heavy atom. The van der Waals surface area contributed by atoms with Gasteiger partial charge in [0.05, 0.1) is 17.6 Å². The third kappa shape index (κ3) is 2.80. The molecule has 4 heteroatoms. The number of Topliss-reactive ketones (excluding diaryl/α,β-unsaturated/α-hetero) is 1. The third-order valence-corrected chi connectivity index (χ3v) is 4.82. The van der Waals surface area contributed by atoms with Gasteiger partial charge in [0.15, 0.2) is 5.78 Å². The van der Waals surface area contributed by atoms with Crippen LogP contribution in [-0.2, 0) is 4.79 Å². The Labute approximate surface area is 141 Å². The molecule has 0 radical (unpaired) electrons. The largest absolute Gasteiger partial charge is 0.361 e. The fourth-order valence-corrected chi connectivity index (χ4v) is 3.70. The fourth-order valence-electron chi connectivity index (χ4n) is 3.57. The van der Waals surface area contributed by atoms with Gasteiger partial charge >= 0.3 is 0 Å². The Balaban J connectivity index is 2.17. The fraction of sp³-hybridized carbons (Fsp3) is 0.368. The molecule has 1 atom stereocenters. The Morgan fingerprint density at radius 3 is 2.52 bits per heavy atom. The number of nitrogens with zero attached hydrogens (tertiary/aromatic N) is 1. The number of dihydropyridines is 1. The van der Waals surface area contributed by atoms with Crippen molar-refractivity contribution in [2.24, 2.45) is 5.41 Å². The highest BCUT2D eigenvalue weighted by molar-refractivity contribution is 6.30. The van der Waals surface area contributed by atoms with Gasteiger partial charge in [-0.15, -0.1) is 0 Å². The van der Waals surface area contributed by atoms with E-state index in [4.69, 9.17) is 11.6 Å². The Bertz CT molecular complexity index is 779. The minimum absolute atomic E-state index is 0.0576. The molecule has 0 saturated carbocycles. The van der Waals surface area contributed by atoms with E-state index in [-0.39, 0.29) is 17.1 Å². The number of carbonyl (C=O) groups excluding carboxylic acids is 1. The number of halogens is 1. The van der Waals surface area contributed by atoms with Crippen LogP contribution in [0.15, 0.2) is 46.8 Å². The lowest BCUT2D eigenvalue weighted by Gasteiger charge is -2.38. The average Bonchev–Trinajstić information content (AvgIpc) is 2.45. The van der Waals surface area contributed by atoms with Gasteiger partial charge in [-0.25, -0.2) is 0 Å². The summed E-state index contributed by atoms with van der Waals surface area (Å²) in [5.41, 5.74) is 4.03. The molecule has 0 unspecified atom stereocenters. The molecule has 1 aliphatic heterocycles. The average molecular weight is 327 g/mol. The van der Waals surface area contributed by atoms with Gasteiger partial charge in [0.1, 0.15) is 0 Å². The molecule has 3 rings (SSSR count). The lowest BCUT2D eigenvalue weighted by Crippen LogP contribution is -2.36. The molecule has 1 heterocycles. The summed E-state index contributed by atoms with van der Waals surface area (Å²) in [6, 6.07) is 9.71. The van der Waals surface area contributed by atoms with E-state index in [1.807, 2.05) is 19.1 Å². The lowest BCUT2D eigenvalue weighted by atomic mass is 9.69. The first-order valence-electron chi connectivity index (χ1n) is 7.72. The van der Waals surface area contributed by atoms with Gasteiger partial charge in [0, 0.05) is 28.4 Å². The molecule has 2 aliphatic rings. The molecule has 1 aromatic carbocycles. The van der Waals surface area contributed by atoms with Gasteiger partial charge < -0.3 is 5.32 Å². The lowest BCUT2D eigenvalue weighted by molar-refractivity contribution is -0.118. The first-order chi connectivity index (χ1) is 10.8. The number of ketones is 1. The van der Waals surface area contributed by atoms with Gasteiger partial charge in [-0.2, -0.15) is 5.26 Å². The highest BCUT2D eigenvalue weighted by Crippen LogP contribution is 2.46. The SMILES string of the molecule is CC1=C(C#N)[C@@H](c2ccc(Cl)cc2)C2=C(CC(C)(C)CC2=O)N1. The maximum absolute atomic E-state index is 12.8. The Hall–Kier alpha value is -2.05. The van der Waals surface area contributed by atoms with E-state index >= 15 is 0 Å². The second-order valence-electron chi connectivity index (χ2n) is 7.09. The highest BCUT2D eigenvalue weighted by Gasteiger charge is 2.40. The van der Waals surface area contributed by atoms with Crippen LogP contribution in [0.1, 0.15) is 45.1 Å². The van der Waals surface area contributed by atoms with Gasteiger partial charge in [0.2, 0.25) is 0 Å². The van der Waals surface area contributed by atoms with E-state index in [0.717, 1.165) is 29.0 Å². The summed E-state index contributed by atoms with van der Waals surface area (Å²) in [5, 5.41) is 13.6. The Kier molecular flexibility index (Phi) is 3.82. The molecule has 23 heavy (non-hydrogen) atoms. The van der Waals surface area contributed by atoms with Gasteiger partial charge in [-0.3, -0.25) is 4.79 Å². The summed E-state index contributed by atoms with van der Waals surface area (Å²) in [6.07, 6.45) is 1.32. The topological polar surface area (TPSA) is 52.9 Å². The number of nitriles is 1. The molecule has 0 aromatic heterocycles. The quantitative estimate of drug-likeness (QED) is 0.828. The predicted molar refractivity (Wildman–Crippen MR) is 90.7 cm³/mol. The van der Waals surface area contributed by atoms with Crippen molar-refractivity contribution in [1.82, 2.24) is 5.32 Å². The molecule has 1 aromatic rings. The smallest absolute Gasteiger partial charge is 0.162 e. The van der Waals surface area contributed by atoms with Gasteiger partial charge in [-0.05, 0) is 36.5 Å². The molecule has 1 aliphatic carbocycles. The van der Waals surface area contributed by atoms with Crippen LogP contribution >= 0.6 is 11.6 Å². The maximum Gasteiger partial charge on any atom is 0.162 e. The second-order valence-corrected chi connectivity index (χ2v) is 7.53. The van der Waals surface area contributed by atoms with Crippen molar-refractivity contribution in [1.29, 1.82) is 5.26 Å². The molecular formula is C19H19ClN2O. The molecule has 3 nitrogen and oxygen atoms in total. The molecule has 118 valence electrons. The number of rotatable bonds is 1. The minimum atomic E-state index is -0.294. The minimum Gasteiger partial charge on any atom is -0.361 e. The summed E-state index contributed by atoms with van der Waals surface area (Å²) in [4.78, 5) is 12.8. The molecule has 0 saturated heterocycles. The van der Waals surface area contributed by atoms with E-state index in [0.29, 0.717) is 17.0 Å². The van der Waals surface area contributed by atoms with E-state index in [1.165, 1.54) is 0 Å². The van der Waals surface area contributed by atoms with Crippen molar-refractivity contribution in [2.45, 2.75) is 39.5 Å². The van der Waals surface area contributed by atoms with E-state index < -0.39 is 0 Å². The van der Waals surface area contributed by atoms with Crippen LogP contribution in [0.4, 0.5) is 0 Å². The predicted octanol–water partition coefficient (Wildman–Crippen LogP) is 4.47.